The number of nitrogens with zero attached hydrogens (tertiary/aromatic N) is 3. The molecule has 0 atom stereocenters. The van der Waals surface area contributed by atoms with Gasteiger partial charge in [-0.25, -0.2) is 9.98 Å². The number of halogens is 1. The van der Waals surface area contributed by atoms with Crippen molar-refractivity contribution < 1.29 is 4.74 Å². The molecule has 1 heterocycles. The number of hydrogen-bond acceptors (Lipinski definition) is 3. The third kappa shape index (κ3) is 3.99. The SMILES string of the molecule is CCN(C)C=Nc1cc(Br)c(Oc2cccc3ccccc23)nc1C. The summed E-state index contributed by atoms with van der Waals surface area (Å²) in [5.74, 6) is 1.32. The van der Waals surface area contributed by atoms with E-state index in [2.05, 4.69) is 45.0 Å². The highest BCUT2D eigenvalue weighted by molar-refractivity contribution is 9.10. The Labute approximate surface area is 156 Å². The number of fused-ring (bicyclic) bond motifs is 1. The molecule has 0 aliphatic rings. The second kappa shape index (κ2) is 7.66. The minimum atomic E-state index is 0.539. The molecule has 0 amide bonds. The van der Waals surface area contributed by atoms with Gasteiger partial charge in [0, 0.05) is 19.0 Å². The van der Waals surface area contributed by atoms with E-state index >= 15 is 0 Å². The fourth-order valence-electron chi connectivity index (χ4n) is 2.38. The van der Waals surface area contributed by atoms with Crippen LogP contribution >= 0.6 is 15.9 Å². The number of aryl methyl sites for hydroxylation is 1. The standard InChI is InChI=1S/C20H20BrN3O/c1-4-24(3)13-22-18-12-17(21)20(23-14(18)2)25-19-11-7-9-15-8-5-6-10-16(15)19/h5-13H,4H2,1-3H3. The summed E-state index contributed by atoms with van der Waals surface area (Å²) in [6.45, 7) is 4.91. The van der Waals surface area contributed by atoms with Crippen LogP contribution in [0.5, 0.6) is 11.6 Å². The van der Waals surface area contributed by atoms with E-state index in [1.807, 2.05) is 61.6 Å². The summed E-state index contributed by atoms with van der Waals surface area (Å²) in [5.41, 5.74) is 1.64. The number of aliphatic imine (C=N–C) groups is 1. The summed E-state index contributed by atoms with van der Waals surface area (Å²) in [4.78, 5) is 11.1. The predicted octanol–water partition coefficient (Wildman–Crippen LogP) is 5.71. The van der Waals surface area contributed by atoms with Crippen LogP contribution in [0.25, 0.3) is 10.8 Å². The third-order valence-electron chi connectivity index (χ3n) is 3.96. The Hall–Kier alpha value is -2.40. The lowest BCUT2D eigenvalue weighted by atomic mass is 10.1. The Morgan fingerprint density at radius 2 is 1.96 bits per heavy atom. The van der Waals surface area contributed by atoms with Crippen molar-refractivity contribution in [3.05, 3.63) is 58.7 Å². The van der Waals surface area contributed by atoms with Crippen LogP contribution in [-0.4, -0.2) is 29.8 Å². The fraction of sp³-hybridized carbons (Fsp3) is 0.200. The molecule has 0 saturated carbocycles. The van der Waals surface area contributed by atoms with E-state index in [4.69, 9.17) is 4.74 Å². The zero-order valence-electron chi connectivity index (χ0n) is 14.5. The Morgan fingerprint density at radius 1 is 1.20 bits per heavy atom. The van der Waals surface area contributed by atoms with Gasteiger partial charge in [0.15, 0.2) is 0 Å². The van der Waals surface area contributed by atoms with Crippen molar-refractivity contribution in [1.82, 2.24) is 9.88 Å². The highest BCUT2D eigenvalue weighted by atomic mass is 79.9. The van der Waals surface area contributed by atoms with E-state index in [0.717, 1.165) is 38.9 Å². The molecule has 2 aromatic carbocycles. The Bertz CT molecular complexity index is 919. The largest absolute Gasteiger partial charge is 0.437 e. The molecule has 0 N–H and O–H groups in total. The van der Waals surface area contributed by atoms with Crippen LogP contribution in [0.4, 0.5) is 5.69 Å². The highest BCUT2D eigenvalue weighted by Crippen LogP contribution is 2.35. The van der Waals surface area contributed by atoms with Crippen LogP contribution in [0, 0.1) is 6.92 Å². The highest BCUT2D eigenvalue weighted by Gasteiger charge is 2.11. The zero-order valence-corrected chi connectivity index (χ0v) is 16.1. The van der Waals surface area contributed by atoms with Crippen molar-refractivity contribution in [3.63, 3.8) is 0 Å². The van der Waals surface area contributed by atoms with E-state index in [0.29, 0.717) is 5.88 Å². The molecule has 0 aliphatic carbocycles. The molecule has 0 aliphatic heterocycles. The van der Waals surface area contributed by atoms with Crippen molar-refractivity contribution >= 4 is 38.7 Å². The van der Waals surface area contributed by atoms with E-state index in [1.165, 1.54) is 0 Å². The third-order valence-corrected chi connectivity index (χ3v) is 4.52. The summed E-state index contributed by atoms with van der Waals surface area (Å²) in [7, 11) is 1.99. The van der Waals surface area contributed by atoms with Gasteiger partial charge >= 0.3 is 0 Å². The molecule has 0 bridgehead atoms. The van der Waals surface area contributed by atoms with Gasteiger partial charge in [0.25, 0.3) is 0 Å². The number of aromatic nitrogens is 1. The molecule has 128 valence electrons. The van der Waals surface area contributed by atoms with E-state index in [-0.39, 0.29) is 0 Å². The predicted molar refractivity (Wildman–Crippen MR) is 107 cm³/mol. The van der Waals surface area contributed by atoms with Crippen LogP contribution in [0.15, 0.2) is 58.0 Å². The van der Waals surface area contributed by atoms with Gasteiger partial charge in [-0.3, -0.25) is 0 Å². The minimum absolute atomic E-state index is 0.539. The average molecular weight is 398 g/mol. The summed E-state index contributed by atoms with van der Waals surface area (Å²) in [6, 6.07) is 16.1. The molecular formula is C20H20BrN3O. The fourth-order valence-corrected chi connectivity index (χ4v) is 2.77. The van der Waals surface area contributed by atoms with E-state index in [9.17, 15) is 0 Å². The first-order valence-corrected chi connectivity index (χ1v) is 8.95. The van der Waals surface area contributed by atoms with Crippen LogP contribution in [-0.2, 0) is 0 Å². The van der Waals surface area contributed by atoms with E-state index < -0.39 is 0 Å². The van der Waals surface area contributed by atoms with Gasteiger partial charge in [0.1, 0.15) is 5.75 Å². The number of benzene rings is 2. The molecule has 1 aromatic heterocycles. The van der Waals surface area contributed by atoms with Gasteiger partial charge in [-0.05, 0) is 47.3 Å². The smallest absolute Gasteiger partial charge is 0.234 e. The summed E-state index contributed by atoms with van der Waals surface area (Å²) in [6.07, 6.45) is 1.81. The first-order chi connectivity index (χ1) is 12.1. The number of hydrogen-bond donors (Lipinski definition) is 0. The van der Waals surface area contributed by atoms with Crippen LogP contribution in [0.3, 0.4) is 0 Å². The quantitative estimate of drug-likeness (QED) is 0.408. The lowest BCUT2D eigenvalue weighted by Gasteiger charge is -2.12. The first-order valence-electron chi connectivity index (χ1n) is 8.15. The Morgan fingerprint density at radius 3 is 2.76 bits per heavy atom. The van der Waals surface area contributed by atoms with Crippen molar-refractivity contribution in [3.8, 4) is 11.6 Å². The second-order valence-corrected chi connectivity index (χ2v) is 6.63. The van der Waals surface area contributed by atoms with Gasteiger partial charge in [-0.15, -0.1) is 0 Å². The lowest BCUT2D eigenvalue weighted by Crippen LogP contribution is -2.14. The van der Waals surface area contributed by atoms with Gasteiger partial charge < -0.3 is 9.64 Å². The molecule has 0 saturated heterocycles. The number of pyridine rings is 1. The molecule has 0 radical (unpaired) electrons. The zero-order chi connectivity index (χ0) is 17.8. The van der Waals surface area contributed by atoms with Gasteiger partial charge in [0.05, 0.1) is 22.2 Å². The summed E-state index contributed by atoms with van der Waals surface area (Å²) < 4.78 is 6.86. The molecule has 4 nitrogen and oxygen atoms in total. The maximum atomic E-state index is 6.08. The molecule has 5 heteroatoms. The van der Waals surface area contributed by atoms with Gasteiger partial charge in [0.2, 0.25) is 5.88 Å². The molecule has 0 spiro atoms. The maximum Gasteiger partial charge on any atom is 0.234 e. The normalized spacial score (nSPS) is 11.2. The topological polar surface area (TPSA) is 37.7 Å². The number of ether oxygens (including phenoxy) is 1. The maximum absolute atomic E-state index is 6.08. The molecule has 3 rings (SSSR count). The van der Waals surface area contributed by atoms with E-state index in [1.54, 1.807) is 0 Å². The van der Waals surface area contributed by atoms with Gasteiger partial charge in [-0.2, -0.15) is 0 Å². The Balaban J connectivity index is 1.93. The summed E-state index contributed by atoms with van der Waals surface area (Å²) >= 11 is 3.55. The first kappa shape index (κ1) is 17.4. The monoisotopic (exact) mass is 397 g/mol. The summed E-state index contributed by atoms with van der Waals surface area (Å²) in [5, 5.41) is 2.19. The lowest BCUT2D eigenvalue weighted by molar-refractivity contribution is 0.463. The van der Waals surface area contributed by atoms with Crippen molar-refractivity contribution in [1.29, 1.82) is 0 Å². The molecule has 3 aromatic rings. The molecule has 0 unspecified atom stereocenters. The average Bonchev–Trinajstić information content (AvgIpc) is 2.63. The molecule has 0 fully saturated rings. The van der Waals surface area contributed by atoms with Crippen molar-refractivity contribution in [2.75, 3.05) is 13.6 Å². The van der Waals surface area contributed by atoms with Crippen LogP contribution < -0.4 is 4.74 Å². The molecular weight excluding hydrogens is 378 g/mol. The van der Waals surface area contributed by atoms with Crippen LogP contribution in [0.1, 0.15) is 12.6 Å². The Kier molecular flexibility index (Phi) is 5.34. The van der Waals surface area contributed by atoms with Gasteiger partial charge in [-0.1, -0.05) is 36.4 Å². The van der Waals surface area contributed by atoms with Crippen molar-refractivity contribution in [2.24, 2.45) is 4.99 Å². The van der Waals surface area contributed by atoms with Crippen molar-refractivity contribution in [2.45, 2.75) is 13.8 Å². The minimum Gasteiger partial charge on any atom is -0.437 e. The molecule has 25 heavy (non-hydrogen) atoms. The number of rotatable bonds is 5. The second-order valence-electron chi connectivity index (χ2n) is 5.78. The van der Waals surface area contributed by atoms with Crippen LogP contribution in [0.2, 0.25) is 0 Å².